The van der Waals surface area contributed by atoms with Crippen LogP contribution in [-0.4, -0.2) is 6.54 Å². The first-order valence-electron chi connectivity index (χ1n) is 6.28. The Bertz CT molecular complexity index is 660. The highest BCUT2D eigenvalue weighted by Gasteiger charge is 2.02. The third kappa shape index (κ3) is 3.55. The van der Waals surface area contributed by atoms with E-state index in [1.54, 1.807) is 12.1 Å². The molecule has 20 heavy (non-hydrogen) atoms. The molecule has 2 nitrogen and oxygen atoms in total. The van der Waals surface area contributed by atoms with Crippen molar-refractivity contribution in [3.05, 3.63) is 64.7 Å². The van der Waals surface area contributed by atoms with Crippen LogP contribution in [0.5, 0.6) is 0 Å². The Hall–Kier alpha value is -2.41. The highest BCUT2D eigenvalue weighted by atomic mass is 19.1. The highest BCUT2D eigenvalue weighted by molar-refractivity contribution is 5.49. The van der Waals surface area contributed by atoms with Gasteiger partial charge in [0.25, 0.3) is 0 Å². The van der Waals surface area contributed by atoms with Gasteiger partial charge in [0.2, 0.25) is 0 Å². The predicted molar refractivity (Wildman–Crippen MR) is 74.4 cm³/mol. The fourth-order valence-electron chi connectivity index (χ4n) is 2.04. The van der Waals surface area contributed by atoms with Crippen molar-refractivity contribution in [1.82, 2.24) is 0 Å². The maximum atomic E-state index is 13.2. The van der Waals surface area contributed by atoms with E-state index in [1.807, 2.05) is 13.0 Å². The first kappa shape index (κ1) is 14.0. The monoisotopic (exact) mass is 272 g/mol. The van der Waals surface area contributed by atoms with E-state index in [0.29, 0.717) is 18.7 Å². The quantitative estimate of drug-likeness (QED) is 0.919. The number of nitrogens with zero attached hydrogens (tertiary/aromatic N) is 1. The van der Waals surface area contributed by atoms with Gasteiger partial charge in [0.05, 0.1) is 11.6 Å². The SMILES string of the molecule is Cc1cc(F)ccc1CCNc1cc(F)cc(C#N)c1. The number of nitrogens with one attached hydrogen (secondary N) is 1. The topological polar surface area (TPSA) is 35.8 Å². The van der Waals surface area contributed by atoms with E-state index in [2.05, 4.69) is 5.32 Å². The standard InChI is InChI=1S/C16H14F2N2/c1-11-6-14(17)3-2-13(11)4-5-20-16-8-12(10-19)7-15(18)9-16/h2-3,6-9,20H,4-5H2,1H3. The summed E-state index contributed by atoms with van der Waals surface area (Å²) in [5.74, 6) is -0.687. The molecule has 0 fully saturated rings. The summed E-state index contributed by atoms with van der Waals surface area (Å²) >= 11 is 0. The Morgan fingerprint density at radius 2 is 1.90 bits per heavy atom. The van der Waals surface area contributed by atoms with Gasteiger partial charge in [-0.3, -0.25) is 0 Å². The summed E-state index contributed by atoms with van der Waals surface area (Å²) < 4.78 is 26.2. The van der Waals surface area contributed by atoms with Crippen LogP contribution in [0.15, 0.2) is 36.4 Å². The third-order valence-electron chi connectivity index (χ3n) is 3.05. The van der Waals surface area contributed by atoms with Crippen molar-refractivity contribution in [3.8, 4) is 6.07 Å². The minimum absolute atomic E-state index is 0.247. The van der Waals surface area contributed by atoms with Gasteiger partial charge in [-0.25, -0.2) is 8.78 Å². The molecule has 0 aliphatic heterocycles. The smallest absolute Gasteiger partial charge is 0.126 e. The molecule has 0 atom stereocenters. The molecule has 0 bridgehead atoms. The minimum atomic E-state index is -0.440. The average Bonchev–Trinajstić information content (AvgIpc) is 2.40. The summed E-state index contributed by atoms with van der Waals surface area (Å²) in [6.07, 6.45) is 0.699. The number of rotatable bonds is 4. The van der Waals surface area contributed by atoms with Crippen LogP contribution in [0.1, 0.15) is 16.7 Å². The molecule has 0 aliphatic rings. The van der Waals surface area contributed by atoms with E-state index in [-0.39, 0.29) is 11.4 Å². The molecule has 0 heterocycles. The van der Waals surface area contributed by atoms with Gasteiger partial charge in [0.15, 0.2) is 0 Å². The van der Waals surface area contributed by atoms with Crippen molar-refractivity contribution in [3.63, 3.8) is 0 Å². The summed E-state index contributed by atoms with van der Waals surface area (Å²) in [6.45, 7) is 2.44. The average molecular weight is 272 g/mol. The minimum Gasteiger partial charge on any atom is -0.385 e. The molecule has 0 spiro atoms. The fraction of sp³-hybridized carbons (Fsp3) is 0.188. The number of halogens is 2. The van der Waals surface area contributed by atoms with E-state index >= 15 is 0 Å². The normalized spacial score (nSPS) is 10.1. The van der Waals surface area contributed by atoms with Gasteiger partial charge >= 0.3 is 0 Å². The number of benzene rings is 2. The molecule has 4 heteroatoms. The van der Waals surface area contributed by atoms with Crippen LogP contribution in [0.4, 0.5) is 14.5 Å². The molecule has 0 aromatic heterocycles. The zero-order chi connectivity index (χ0) is 14.5. The maximum absolute atomic E-state index is 13.2. The van der Waals surface area contributed by atoms with E-state index in [4.69, 9.17) is 5.26 Å². The van der Waals surface area contributed by atoms with Gasteiger partial charge in [-0.1, -0.05) is 6.07 Å². The zero-order valence-corrected chi connectivity index (χ0v) is 11.1. The lowest BCUT2D eigenvalue weighted by Gasteiger charge is -2.09. The number of aryl methyl sites for hydroxylation is 1. The van der Waals surface area contributed by atoms with Crippen LogP contribution in [0.2, 0.25) is 0 Å². The number of hydrogen-bond donors (Lipinski definition) is 1. The molecule has 2 aromatic carbocycles. The molecular formula is C16H14F2N2. The van der Waals surface area contributed by atoms with Gasteiger partial charge < -0.3 is 5.32 Å². The fourth-order valence-corrected chi connectivity index (χ4v) is 2.04. The summed E-state index contributed by atoms with van der Waals surface area (Å²) in [6, 6.07) is 10.7. The van der Waals surface area contributed by atoms with Crippen molar-refractivity contribution < 1.29 is 8.78 Å². The molecule has 0 unspecified atom stereocenters. The van der Waals surface area contributed by atoms with Crippen LogP contribution in [0, 0.1) is 29.9 Å². The first-order valence-corrected chi connectivity index (χ1v) is 6.28. The van der Waals surface area contributed by atoms with E-state index in [1.165, 1.54) is 24.3 Å². The van der Waals surface area contributed by atoms with Crippen LogP contribution in [-0.2, 0) is 6.42 Å². The Kier molecular flexibility index (Phi) is 4.31. The maximum Gasteiger partial charge on any atom is 0.126 e. The Balaban J connectivity index is 1.99. The van der Waals surface area contributed by atoms with Gasteiger partial charge in [-0.15, -0.1) is 0 Å². The molecule has 2 rings (SSSR count). The summed E-state index contributed by atoms with van der Waals surface area (Å²) in [4.78, 5) is 0. The molecule has 0 saturated carbocycles. The molecule has 2 aromatic rings. The Morgan fingerprint density at radius 3 is 2.60 bits per heavy atom. The Labute approximate surface area is 116 Å². The van der Waals surface area contributed by atoms with Crippen LogP contribution >= 0.6 is 0 Å². The van der Waals surface area contributed by atoms with Gasteiger partial charge in [0, 0.05) is 12.2 Å². The van der Waals surface area contributed by atoms with E-state index in [0.717, 1.165) is 11.1 Å². The zero-order valence-electron chi connectivity index (χ0n) is 11.1. The van der Waals surface area contributed by atoms with Crippen molar-refractivity contribution in [2.75, 3.05) is 11.9 Å². The summed E-state index contributed by atoms with van der Waals surface area (Å²) in [5, 5.41) is 11.8. The van der Waals surface area contributed by atoms with Gasteiger partial charge in [-0.05, 0) is 54.8 Å². The van der Waals surface area contributed by atoms with Crippen molar-refractivity contribution >= 4 is 5.69 Å². The second kappa shape index (κ2) is 6.16. The highest BCUT2D eigenvalue weighted by Crippen LogP contribution is 2.15. The van der Waals surface area contributed by atoms with Gasteiger partial charge in [-0.2, -0.15) is 5.26 Å². The lowest BCUT2D eigenvalue weighted by atomic mass is 10.1. The molecule has 0 amide bonds. The van der Waals surface area contributed by atoms with E-state index in [9.17, 15) is 8.78 Å². The van der Waals surface area contributed by atoms with Crippen molar-refractivity contribution in [2.24, 2.45) is 0 Å². The summed E-state index contributed by atoms with van der Waals surface area (Å²) in [7, 11) is 0. The summed E-state index contributed by atoms with van der Waals surface area (Å²) in [5.41, 5.74) is 2.78. The third-order valence-corrected chi connectivity index (χ3v) is 3.05. The molecule has 102 valence electrons. The second-order valence-corrected chi connectivity index (χ2v) is 4.59. The number of nitriles is 1. The largest absolute Gasteiger partial charge is 0.385 e. The van der Waals surface area contributed by atoms with Gasteiger partial charge in [0.1, 0.15) is 11.6 Å². The number of hydrogen-bond acceptors (Lipinski definition) is 2. The lowest BCUT2D eigenvalue weighted by molar-refractivity contribution is 0.625. The number of anilines is 1. The predicted octanol–water partition coefficient (Wildman–Crippen LogP) is 3.80. The molecule has 1 N–H and O–H groups in total. The molecular weight excluding hydrogens is 258 g/mol. The molecule has 0 aliphatic carbocycles. The van der Waals surface area contributed by atoms with Crippen LogP contribution < -0.4 is 5.32 Å². The lowest BCUT2D eigenvalue weighted by Crippen LogP contribution is -2.06. The molecule has 0 saturated heterocycles. The van der Waals surface area contributed by atoms with Crippen LogP contribution in [0.25, 0.3) is 0 Å². The van der Waals surface area contributed by atoms with Crippen molar-refractivity contribution in [1.29, 1.82) is 5.26 Å². The van der Waals surface area contributed by atoms with E-state index < -0.39 is 5.82 Å². The van der Waals surface area contributed by atoms with Crippen molar-refractivity contribution in [2.45, 2.75) is 13.3 Å². The first-order chi connectivity index (χ1) is 9.58. The second-order valence-electron chi connectivity index (χ2n) is 4.59. The molecule has 0 radical (unpaired) electrons. The Morgan fingerprint density at radius 1 is 1.10 bits per heavy atom. The van der Waals surface area contributed by atoms with Crippen LogP contribution in [0.3, 0.4) is 0 Å².